The molecule has 80 valence electrons. The van der Waals surface area contributed by atoms with Crippen LogP contribution in [0.2, 0.25) is 0 Å². The monoisotopic (exact) mass is 204 g/mol. The molecule has 1 aromatic heterocycles. The van der Waals surface area contributed by atoms with Crippen molar-refractivity contribution < 1.29 is 0 Å². The standard InChI is InChI=1S/C11H16N4/c1-2-6-15(5-1)11-7-9-8-12-4-3-10(9)13-14-11/h7,12H,1-6,8H2. The maximum atomic E-state index is 4.33. The highest BCUT2D eigenvalue weighted by Crippen LogP contribution is 2.20. The first-order chi connectivity index (χ1) is 7.43. The van der Waals surface area contributed by atoms with Crippen LogP contribution in [0.25, 0.3) is 0 Å². The van der Waals surface area contributed by atoms with Gasteiger partial charge in [0, 0.05) is 32.6 Å². The lowest BCUT2D eigenvalue weighted by molar-refractivity contribution is 0.619. The van der Waals surface area contributed by atoms with E-state index >= 15 is 0 Å². The van der Waals surface area contributed by atoms with Crippen molar-refractivity contribution in [1.82, 2.24) is 15.5 Å². The van der Waals surface area contributed by atoms with Crippen LogP contribution in [-0.2, 0) is 13.0 Å². The predicted molar refractivity (Wildman–Crippen MR) is 58.9 cm³/mol. The Morgan fingerprint density at radius 3 is 2.93 bits per heavy atom. The molecule has 0 unspecified atom stereocenters. The number of nitrogens with zero attached hydrogens (tertiary/aromatic N) is 3. The molecule has 4 heteroatoms. The third-order valence-electron chi connectivity index (χ3n) is 3.23. The lowest BCUT2D eigenvalue weighted by atomic mass is 10.1. The van der Waals surface area contributed by atoms with Crippen LogP contribution in [0.4, 0.5) is 5.82 Å². The summed E-state index contributed by atoms with van der Waals surface area (Å²) in [4.78, 5) is 2.34. The van der Waals surface area contributed by atoms with Gasteiger partial charge in [0.2, 0.25) is 0 Å². The van der Waals surface area contributed by atoms with E-state index < -0.39 is 0 Å². The van der Waals surface area contributed by atoms with Gasteiger partial charge >= 0.3 is 0 Å². The van der Waals surface area contributed by atoms with Crippen LogP contribution in [0, 0.1) is 0 Å². The zero-order valence-electron chi connectivity index (χ0n) is 8.87. The molecule has 0 aromatic carbocycles. The summed E-state index contributed by atoms with van der Waals surface area (Å²) < 4.78 is 0. The molecule has 0 amide bonds. The van der Waals surface area contributed by atoms with Crippen molar-refractivity contribution in [3.63, 3.8) is 0 Å². The largest absolute Gasteiger partial charge is 0.355 e. The van der Waals surface area contributed by atoms with Gasteiger partial charge in [-0.2, -0.15) is 5.10 Å². The Kier molecular flexibility index (Phi) is 2.29. The minimum atomic E-state index is 0.950. The molecule has 1 saturated heterocycles. The van der Waals surface area contributed by atoms with Crippen LogP contribution in [-0.4, -0.2) is 29.8 Å². The molecular weight excluding hydrogens is 188 g/mol. The summed E-state index contributed by atoms with van der Waals surface area (Å²) in [7, 11) is 0. The first-order valence-electron chi connectivity index (χ1n) is 5.74. The lowest BCUT2D eigenvalue weighted by Crippen LogP contribution is -2.27. The van der Waals surface area contributed by atoms with Crippen LogP contribution < -0.4 is 10.2 Å². The van der Waals surface area contributed by atoms with Gasteiger partial charge in [0.1, 0.15) is 0 Å². The average molecular weight is 204 g/mol. The van der Waals surface area contributed by atoms with E-state index in [-0.39, 0.29) is 0 Å². The van der Waals surface area contributed by atoms with E-state index in [1.807, 2.05) is 0 Å². The van der Waals surface area contributed by atoms with Crippen molar-refractivity contribution in [3.8, 4) is 0 Å². The highest BCUT2D eigenvalue weighted by atomic mass is 15.3. The van der Waals surface area contributed by atoms with Gasteiger partial charge in [-0.3, -0.25) is 0 Å². The Balaban J connectivity index is 1.89. The second kappa shape index (κ2) is 3.77. The van der Waals surface area contributed by atoms with E-state index in [0.717, 1.165) is 38.4 Å². The van der Waals surface area contributed by atoms with Gasteiger partial charge < -0.3 is 10.2 Å². The molecule has 3 rings (SSSR count). The van der Waals surface area contributed by atoms with E-state index in [0.29, 0.717) is 0 Å². The van der Waals surface area contributed by atoms with Gasteiger partial charge in [0.25, 0.3) is 0 Å². The van der Waals surface area contributed by atoms with Crippen molar-refractivity contribution >= 4 is 5.82 Å². The van der Waals surface area contributed by atoms with Gasteiger partial charge in [-0.15, -0.1) is 5.10 Å². The molecule has 1 fully saturated rings. The minimum absolute atomic E-state index is 0.950. The Morgan fingerprint density at radius 2 is 2.07 bits per heavy atom. The van der Waals surface area contributed by atoms with E-state index in [1.54, 1.807) is 0 Å². The Bertz CT molecular complexity index is 358. The molecule has 1 aromatic rings. The molecule has 0 saturated carbocycles. The molecule has 0 atom stereocenters. The summed E-state index contributed by atoms with van der Waals surface area (Å²) in [5, 5.41) is 12.0. The second-order valence-electron chi connectivity index (χ2n) is 4.30. The van der Waals surface area contributed by atoms with E-state index in [9.17, 15) is 0 Å². The van der Waals surface area contributed by atoms with Crippen molar-refractivity contribution in [1.29, 1.82) is 0 Å². The molecular formula is C11H16N4. The molecule has 0 spiro atoms. The Morgan fingerprint density at radius 1 is 1.20 bits per heavy atom. The Hall–Kier alpha value is -1.16. The van der Waals surface area contributed by atoms with Crippen molar-refractivity contribution in [3.05, 3.63) is 17.3 Å². The summed E-state index contributed by atoms with van der Waals surface area (Å²) in [6.45, 7) is 4.26. The fourth-order valence-electron chi connectivity index (χ4n) is 2.34. The molecule has 2 aliphatic heterocycles. The van der Waals surface area contributed by atoms with Crippen molar-refractivity contribution in [2.24, 2.45) is 0 Å². The van der Waals surface area contributed by atoms with Crippen molar-refractivity contribution in [2.45, 2.75) is 25.8 Å². The smallest absolute Gasteiger partial charge is 0.151 e. The van der Waals surface area contributed by atoms with Crippen LogP contribution in [0.15, 0.2) is 6.07 Å². The summed E-state index contributed by atoms with van der Waals surface area (Å²) >= 11 is 0. The number of rotatable bonds is 1. The molecule has 1 N–H and O–H groups in total. The Labute approximate surface area is 89.7 Å². The molecule has 15 heavy (non-hydrogen) atoms. The molecule has 0 bridgehead atoms. The predicted octanol–water partition coefficient (Wildman–Crippen LogP) is 0.722. The van der Waals surface area contributed by atoms with Crippen LogP contribution in [0.3, 0.4) is 0 Å². The highest BCUT2D eigenvalue weighted by molar-refractivity contribution is 5.42. The molecule has 0 aliphatic carbocycles. The summed E-state index contributed by atoms with van der Waals surface area (Å²) in [5.74, 6) is 1.06. The van der Waals surface area contributed by atoms with E-state index in [4.69, 9.17) is 0 Å². The normalized spacial score (nSPS) is 20.4. The van der Waals surface area contributed by atoms with Crippen LogP contribution in [0.1, 0.15) is 24.1 Å². The topological polar surface area (TPSA) is 41.1 Å². The zero-order chi connectivity index (χ0) is 10.1. The second-order valence-corrected chi connectivity index (χ2v) is 4.30. The molecule has 0 radical (unpaired) electrons. The maximum Gasteiger partial charge on any atom is 0.151 e. The fraction of sp³-hybridized carbons (Fsp3) is 0.636. The van der Waals surface area contributed by atoms with Gasteiger partial charge in [-0.1, -0.05) is 0 Å². The number of aromatic nitrogens is 2. The average Bonchev–Trinajstić information content (AvgIpc) is 2.82. The molecule has 2 aliphatic rings. The first-order valence-corrected chi connectivity index (χ1v) is 5.74. The number of hydrogen-bond acceptors (Lipinski definition) is 4. The van der Waals surface area contributed by atoms with Crippen LogP contribution in [0.5, 0.6) is 0 Å². The SMILES string of the molecule is c1c(N2CCCC2)nnc2c1CNCC2. The zero-order valence-corrected chi connectivity index (χ0v) is 8.87. The summed E-state index contributed by atoms with van der Waals surface area (Å²) in [6, 6.07) is 2.21. The van der Waals surface area contributed by atoms with E-state index in [2.05, 4.69) is 26.5 Å². The van der Waals surface area contributed by atoms with Gasteiger partial charge in [-0.25, -0.2) is 0 Å². The van der Waals surface area contributed by atoms with E-state index in [1.165, 1.54) is 24.1 Å². The number of hydrogen-bond donors (Lipinski definition) is 1. The fourth-order valence-corrected chi connectivity index (χ4v) is 2.34. The van der Waals surface area contributed by atoms with Gasteiger partial charge in [-0.05, 0) is 24.5 Å². The molecule has 3 heterocycles. The summed E-state index contributed by atoms with van der Waals surface area (Å²) in [5.41, 5.74) is 2.51. The molecule has 4 nitrogen and oxygen atoms in total. The number of anilines is 1. The third kappa shape index (κ3) is 1.69. The van der Waals surface area contributed by atoms with Crippen LogP contribution >= 0.6 is 0 Å². The number of fused-ring (bicyclic) bond motifs is 1. The number of nitrogens with one attached hydrogen (secondary N) is 1. The van der Waals surface area contributed by atoms with Crippen molar-refractivity contribution in [2.75, 3.05) is 24.5 Å². The maximum absolute atomic E-state index is 4.33. The van der Waals surface area contributed by atoms with Gasteiger partial charge in [0.05, 0.1) is 5.69 Å². The third-order valence-corrected chi connectivity index (χ3v) is 3.23. The quantitative estimate of drug-likeness (QED) is 0.732. The highest BCUT2D eigenvalue weighted by Gasteiger charge is 2.17. The summed E-state index contributed by atoms with van der Waals surface area (Å²) in [6.07, 6.45) is 3.59. The first kappa shape index (κ1) is 9.09. The van der Waals surface area contributed by atoms with Gasteiger partial charge in [0.15, 0.2) is 5.82 Å². The lowest BCUT2D eigenvalue weighted by Gasteiger charge is -2.20. The minimum Gasteiger partial charge on any atom is -0.355 e.